The molecule has 74 valence electrons. The Morgan fingerprint density at radius 1 is 1.40 bits per heavy atom. The smallest absolute Gasteiger partial charge is 0.253 e. The van der Waals surface area contributed by atoms with Crippen LogP contribution in [0.15, 0.2) is 24.3 Å². The van der Waals surface area contributed by atoms with Gasteiger partial charge in [-0.3, -0.25) is 4.79 Å². The summed E-state index contributed by atoms with van der Waals surface area (Å²) in [6.45, 7) is 0.291. The molecule has 4 nitrogen and oxygen atoms in total. The lowest BCUT2D eigenvalue weighted by atomic mass is 10.2. The highest BCUT2D eigenvalue weighted by atomic mass is 32.1. The zero-order valence-electron chi connectivity index (χ0n) is 7.73. The summed E-state index contributed by atoms with van der Waals surface area (Å²) in [5.74, 6) is 0.712. The molecule has 2 heterocycles. The first-order valence-electron chi connectivity index (χ1n) is 4.56. The van der Waals surface area contributed by atoms with Crippen LogP contribution in [-0.2, 0) is 0 Å². The third-order valence-corrected chi connectivity index (χ3v) is 2.72. The fraction of sp³-hybridized carbons (Fsp3) is 0.100. The van der Waals surface area contributed by atoms with Crippen molar-refractivity contribution in [2.45, 2.75) is 0 Å². The van der Waals surface area contributed by atoms with Crippen LogP contribution in [0.5, 0.6) is 0 Å². The minimum absolute atomic E-state index is 0.0479. The zero-order chi connectivity index (χ0) is 10.4. The molecule has 0 radical (unpaired) electrons. The molecule has 0 bridgehead atoms. The minimum atomic E-state index is -0.0479. The Morgan fingerprint density at radius 2 is 2.20 bits per heavy atom. The van der Waals surface area contributed by atoms with Crippen molar-refractivity contribution in [2.24, 2.45) is 0 Å². The van der Waals surface area contributed by atoms with Crippen molar-refractivity contribution >= 4 is 34.8 Å². The molecule has 0 amide bonds. The molecule has 0 fully saturated rings. The topological polar surface area (TPSA) is 46.9 Å². The average Bonchev–Trinajstić information content (AvgIpc) is 2.62. The number of benzene rings is 1. The van der Waals surface area contributed by atoms with Crippen molar-refractivity contribution in [3.8, 4) is 0 Å². The van der Waals surface area contributed by atoms with Crippen molar-refractivity contribution in [1.29, 1.82) is 0 Å². The molecule has 1 aliphatic rings. The van der Waals surface area contributed by atoms with Crippen LogP contribution in [0.25, 0.3) is 10.9 Å². The molecule has 1 aromatic carbocycles. The number of rotatable bonds is 0. The molecule has 0 aliphatic carbocycles. The minimum Gasteiger partial charge on any atom is -0.361 e. The van der Waals surface area contributed by atoms with Gasteiger partial charge in [0.2, 0.25) is 4.77 Å². The van der Waals surface area contributed by atoms with Crippen LogP contribution < -0.4 is 5.32 Å². The molecule has 15 heavy (non-hydrogen) atoms. The maximum Gasteiger partial charge on any atom is 0.253 e. The third kappa shape index (κ3) is 1.10. The lowest BCUT2D eigenvalue weighted by molar-refractivity contribution is 0.0941. The van der Waals surface area contributed by atoms with Crippen LogP contribution in [0, 0.1) is 4.77 Å². The number of hydrogen-bond acceptors (Lipinski definition) is 4. The fourth-order valence-electron chi connectivity index (χ4n) is 1.78. The van der Waals surface area contributed by atoms with E-state index in [9.17, 15) is 4.79 Å². The molecule has 1 N–H and O–H groups in total. The highest BCUT2D eigenvalue weighted by Crippen LogP contribution is 2.24. The van der Waals surface area contributed by atoms with E-state index in [1.165, 1.54) is 4.57 Å². The molecule has 0 unspecified atom stereocenters. The molecule has 2 aromatic rings. The van der Waals surface area contributed by atoms with E-state index in [1.807, 2.05) is 24.3 Å². The Labute approximate surface area is 90.6 Å². The van der Waals surface area contributed by atoms with Gasteiger partial charge >= 0.3 is 0 Å². The molecule has 5 heteroatoms. The summed E-state index contributed by atoms with van der Waals surface area (Å²) in [6.07, 6.45) is 0. The fourth-order valence-corrected chi connectivity index (χ4v) is 2.08. The Kier molecular flexibility index (Phi) is 1.63. The summed E-state index contributed by atoms with van der Waals surface area (Å²) in [4.78, 5) is 15.7. The quantitative estimate of drug-likeness (QED) is 0.684. The Morgan fingerprint density at radius 3 is 3.07 bits per heavy atom. The average molecular weight is 217 g/mol. The van der Waals surface area contributed by atoms with Crippen molar-refractivity contribution < 1.29 is 4.79 Å². The number of nitrogens with zero attached hydrogens (tertiary/aromatic N) is 2. The number of anilines is 1. The summed E-state index contributed by atoms with van der Waals surface area (Å²) in [7, 11) is 0. The predicted molar refractivity (Wildman–Crippen MR) is 59.7 cm³/mol. The molecule has 1 aliphatic heterocycles. The summed E-state index contributed by atoms with van der Waals surface area (Å²) >= 11 is 5.07. The standard InChI is InChI=1S/C10H7N3OS/c14-8-5-11-9-6-3-1-2-4-7(6)12-10(15)13(8)9/h1-4,11H,5H2. The van der Waals surface area contributed by atoms with Crippen molar-refractivity contribution in [1.82, 2.24) is 9.55 Å². The number of para-hydroxylation sites is 1. The lowest BCUT2D eigenvalue weighted by Crippen LogP contribution is -2.09. The van der Waals surface area contributed by atoms with Gasteiger partial charge in [0, 0.05) is 5.39 Å². The Hall–Kier alpha value is -1.75. The van der Waals surface area contributed by atoms with Gasteiger partial charge in [-0.25, -0.2) is 9.55 Å². The van der Waals surface area contributed by atoms with Gasteiger partial charge in [-0.1, -0.05) is 12.1 Å². The van der Waals surface area contributed by atoms with Crippen LogP contribution in [0.1, 0.15) is 4.79 Å². The number of fused-ring (bicyclic) bond motifs is 3. The van der Waals surface area contributed by atoms with Crippen molar-refractivity contribution in [2.75, 3.05) is 11.9 Å². The van der Waals surface area contributed by atoms with Crippen LogP contribution in [0.4, 0.5) is 5.82 Å². The zero-order valence-corrected chi connectivity index (χ0v) is 8.54. The first kappa shape index (κ1) is 8.55. The van der Waals surface area contributed by atoms with E-state index >= 15 is 0 Å². The van der Waals surface area contributed by atoms with Crippen LogP contribution in [-0.4, -0.2) is 22.0 Å². The van der Waals surface area contributed by atoms with Gasteiger partial charge in [0.15, 0.2) is 0 Å². The van der Waals surface area contributed by atoms with Gasteiger partial charge < -0.3 is 5.32 Å². The maximum absolute atomic E-state index is 11.5. The Bertz CT molecular complexity index is 632. The lowest BCUT2D eigenvalue weighted by Gasteiger charge is -2.05. The normalized spacial score (nSPS) is 14.0. The number of hydrogen-bond donors (Lipinski definition) is 1. The first-order chi connectivity index (χ1) is 7.27. The largest absolute Gasteiger partial charge is 0.361 e. The summed E-state index contributed by atoms with van der Waals surface area (Å²) in [6, 6.07) is 7.63. The van der Waals surface area contributed by atoms with Gasteiger partial charge in [-0.15, -0.1) is 0 Å². The van der Waals surface area contributed by atoms with E-state index < -0.39 is 0 Å². The summed E-state index contributed by atoms with van der Waals surface area (Å²) < 4.78 is 1.77. The van der Waals surface area contributed by atoms with Crippen LogP contribution in [0.3, 0.4) is 0 Å². The summed E-state index contributed by atoms with van der Waals surface area (Å²) in [5.41, 5.74) is 0.816. The predicted octanol–water partition coefficient (Wildman–Crippen LogP) is 1.83. The van der Waals surface area contributed by atoms with E-state index in [-0.39, 0.29) is 5.91 Å². The number of carbonyl (C=O) groups excluding carboxylic acids is 1. The van der Waals surface area contributed by atoms with E-state index in [0.29, 0.717) is 11.3 Å². The molecule has 3 rings (SSSR count). The number of nitrogens with one attached hydrogen (secondary N) is 1. The number of aromatic nitrogens is 2. The van der Waals surface area contributed by atoms with Gasteiger partial charge in [0.05, 0.1) is 12.1 Å². The maximum atomic E-state index is 11.5. The second kappa shape index (κ2) is 2.87. The summed E-state index contributed by atoms with van der Waals surface area (Å²) in [5, 5.41) is 3.97. The van der Waals surface area contributed by atoms with E-state index in [4.69, 9.17) is 12.2 Å². The van der Waals surface area contributed by atoms with Crippen molar-refractivity contribution in [3.05, 3.63) is 29.0 Å². The van der Waals surface area contributed by atoms with Gasteiger partial charge in [0.25, 0.3) is 5.91 Å². The SMILES string of the molecule is O=C1CNc2c3ccccc3nc(=S)n21. The highest BCUT2D eigenvalue weighted by Gasteiger charge is 2.20. The second-order valence-electron chi connectivity index (χ2n) is 3.34. The monoisotopic (exact) mass is 217 g/mol. The van der Waals surface area contributed by atoms with Crippen LogP contribution in [0.2, 0.25) is 0 Å². The highest BCUT2D eigenvalue weighted by molar-refractivity contribution is 7.71. The van der Waals surface area contributed by atoms with Gasteiger partial charge in [0.1, 0.15) is 5.82 Å². The third-order valence-electron chi connectivity index (χ3n) is 2.45. The Balaban J connectivity index is 2.54. The molecule has 0 saturated heterocycles. The molecular weight excluding hydrogens is 210 g/mol. The van der Waals surface area contributed by atoms with E-state index in [2.05, 4.69) is 10.3 Å². The van der Waals surface area contributed by atoms with Gasteiger partial charge in [-0.05, 0) is 24.4 Å². The number of carbonyl (C=O) groups is 1. The molecular formula is C10H7N3OS. The van der Waals surface area contributed by atoms with E-state index in [1.54, 1.807) is 0 Å². The molecule has 0 atom stereocenters. The molecule has 0 saturated carbocycles. The molecule has 0 spiro atoms. The van der Waals surface area contributed by atoms with Crippen molar-refractivity contribution in [3.63, 3.8) is 0 Å². The van der Waals surface area contributed by atoms with Gasteiger partial charge in [-0.2, -0.15) is 0 Å². The van der Waals surface area contributed by atoms with Crippen LogP contribution >= 0.6 is 12.2 Å². The first-order valence-corrected chi connectivity index (χ1v) is 4.97. The van der Waals surface area contributed by atoms with E-state index in [0.717, 1.165) is 16.7 Å². The second-order valence-corrected chi connectivity index (χ2v) is 3.71. The molecule has 1 aromatic heterocycles.